The second kappa shape index (κ2) is 6.01. The van der Waals surface area contributed by atoms with Crippen molar-refractivity contribution in [2.24, 2.45) is 0 Å². The molecule has 0 N–H and O–H groups in total. The minimum atomic E-state index is -0.243. The van der Waals surface area contributed by atoms with Gasteiger partial charge in [0, 0.05) is 10.9 Å². The van der Waals surface area contributed by atoms with E-state index in [0.29, 0.717) is 11.9 Å². The summed E-state index contributed by atoms with van der Waals surface area (Å²) in [6.07, 6.45) is 0. The third kappa shape index (κ3) is 3.33. The molecule has 0 aliphatic heterocycles. The van der Waals surface area contributed by atoms with Crippen LogP contribution in [-0.4, -0.2) is 0 Å². The van der Waals surface area contributed by atoms with E-state index < -0.39 is 0 Å². The molecule has 1 nitrogen and oxygen atoms in total. The smallest absolute Gasteiger partial charge is 0.124 e. The zero-order chi connectivity index (χ0) is 13.0. The highest BCUT2D eigenvalue weighted by Crippen LogP contribution is 2.23. The lowest BCUT2D eigenvalue weighted by molar-refractivity contribution is 0.303. The quantitative estimate of drug-likeness (QED) is 0.750. The molecule has 0 radical (unpaired) electrons. The van der Waals surface area contributed by atoms with E-state index in [1.807, 2.05) is 25.1 Å². The molecule has 2 aromatic rings. The summed E-state index contributed by atoms with van der Waals surface area (Å²) in [4.78, 5) is 0. The topological polar surface area (TPSA) is 9.23 Å². The van der Waals surface area contributed by atoms with Gasteiger partial charge in [0.2, 0.25) is 0 Å². The maximum Gasteiger partial charge on any atom is 0.124 e. The molecule has 0 fully saturated rings. The van der Waals surface area contributed by atoms with Crippen LogP contribution in [-0.2, 0) is 11.9 Å². The van der Waals surface area contributed by atoms with Crippen molar-refractivity contribution >= 4 is 15.9 Å². The van der Waals surface area contributed by atoms with Gasteiger partial charge < -0.3 is 4.74 Å². The Kier molecular flexibility index (Phi) is 4.37. The molecular weight excluding hydrogens is 295 g/mol. The molecule has 0 saturated carbocycles. The molecular formula is C15H14BrFO. The minimum absolute atomic E-state index is 0.243. The summed E-state index contributed by atoms with van der Waals surface area (Å²) in [7, 11) is 0. The van der Waals surface area contributed by atoms with Crippen LogP contribution in [0.25, 0.3) is 0 Å². The standard InChI is InChI=1S/C15H14BrFO/c1-11-3-2-4-12(7-11)10-18-15-6-5-14(17)8-13(15)9-16/h2-8H,9-10H2,1H3. The third-order valence-electron chi connectivity index (χ3n) is 2.64. The minimum Gasteiger partial charge on any atom is -0.489 e. The first kappa shape index (κ1) is 13.1. The molecule has 0 bridgehead atoms. The number of halogens is 2. The second-order valence-corrected chi connectivity index (χ2v) is 4.72. The Morgan fingerprint density at radius 2 is 2.00 bits per heavy atom. The molecule has 0 atom stereocenters. The lowest BCUT2D eigenvalue weighted by Crippen LogP contribution is -1.98. The summed E-state index contributed by atoms with van der Waals surface area (Å²) in [5.74, 6) is 0.474. The van der Waals surface area contributed by atoms with Crippen LogP contribution in [0.4, 0.5) is 4.39 Å². The van der Waals surface area contributed by atoms with Crippen LogP contribution in [0.1, 0.15) is 16.7 Å². The van der Waals surface area contributed by atoms with Gasteiger partial charge >= 0.3 is 0 Å². The Morgan fingerprint density at radius 1 is 1.17 bits per heavy atom. The van der Waals surface area contributed by atoms with Crippen LogP contribution in [0.15, 0.2) is 42.5 Å². The predicted molar refractivity (Wildman–Crippen MR) is 74.5 cm³/mol. The molecule has 2 rings (SSSR count). The van der Waals surface area contributed by atoms with Crippen molar-refractivity contribution in [1.29, 1.82) is 0 Å². The highest BCUT2D eigenvalue weighted by Gasteiger charge is 2.04. The number of alkyl halides is 1. The van der Waals surface area contributed by atoms with Gasteiger partial charge in [0.05, 0.1) is 0 Å². The summed E-state index contributed by atoms with van der Waals surface area (Å²) in [6.45, 7) is 2.54. The summed E-state index contributed by atoms with van der Waals surface area (Å²) in [6, 6.07) is 12.7. The lowest BCUT2D eigenvalue weighted by atomic mass is 10.1. The molecule has 94 valence electrons. The largest absolute Gasteiger partial charge is 0.489 e. The zero-order valence-electron chi connectivity index (χ0n) is 10.1. The van der Waals surface area contributed by atoms with Crippen LogP contribution in [0.3, 0.4) is 0 Å². The Balaban J connectivity index is 2.10. The first-order valence-electron chi connectivity index (χ1n) is 5.72. The van der Waals surface area contributed by atoms with Crippen molar-refractivity contribution < 1.29 is 9.13 Å². The second-order valence-electron chi connectivity index (χ2n) is 4.16. The van der Waals surface area contributed by atoms with E-state index in [-0.39, 0.29) is 5.82 Å². The van der Waals surface area contributed by atoms with Gasteiger partial charge in [-0.3, -0.25) is 0 Å². The number of aryl methyl sites for hydroxylation is 1. The normalized spacial score (nSPS) is 10.4. The fourth-order valence-corrected chi connectivity index (χ4v) is 2.19. The monoisotopic (exact) mass is 308 g/mol. The molecule has 0 amide bonds. The van der Waals surface area contributed by atoms with Gasteiger partial charge in [-0.05, 0) is 30.7 Å². The number of rotatable bonds is 4. The van der Waals surface area contributed by atoms with Gasteiger partial charge in [-0.25, -0.2) is 4.39 Å². The molecule has 2 aromatic carbocycles. The number of benzene rings is 2. The van der Waals surface area contributed by atoms with E-state index >= 15 is 0 Å². The molecule has 0 spiro atoms. The fourth-order valence-electron chi connectivity index (χ4n) is 1.76. The van der Waals surface area contributed by atoms with Crippen LogP contribution in [0, 0.1) is 12.7 Å². The van der Waals surface area contributed by atoms with Crippen molar-refractivity contribution in [2.45, 2.75) is 18.9 Å². The predicted octanol–water partition coefficient (Wildman–Crippen LogP) is 4.61. The van der Waals surface area contributed by atoms with E-state index in [0.717, 1.165) is 16.9 Å². The van der Waals surface area contributed by atoms with Crippen LogP contribution < -0.4 is 4.74 Å². The van der Waals surface area contributed by atoms with Gasteiger partial charge in [-0.1, -0.05) is 45.8 Å². The van der Waals surface area contributed by atoms with Crippen molar-refractivity contribution in [1.82, 2.24) is 0 Å². The molecule has 0 unspecified atom stereocenters. The van der Waals surface area contributed by atoms with Gasteiger partial charge in [0.15, 0.2) is 0 Å². The van der Waals surface area contributed by atoms with E-state index in [1.165, 1.54) is 17.7 Å². The summed E-state index contributed by atoms with van der Waals surface area (Å²) < 4.78 is 18.8. The Labute approximate surface area is 115 Å². The van der Waals surface area contributed by atoms with Gasteiger partial charge in [0.1, 0.15) is 18.2 Å². The van der Waals surface area contributed by atoms with E-state index in [9.17, 15) is 4.39 Å². The highest BCUT2D eigenvalue weighted by atomic mass is 79.9. The maximum atomic E-state index is 13.1. The number of ether oxygens (including phenoxy) is 1. The van der Waals surface area contributed by atoms with Crippen molar-refractivity contribution in [2.75, 3.05) is 0 Å². The maximum absolute atomic E-state index is 13.1. The van der Waals surface area contributed by atoms with E-state index in [2.05, 4.69) is 22.0 Å². The Hall–Kier alpha value is -1.35. The Morgan fingerprint density at radius 3 is 2.72 bits per heavy atom. The molecule has 0 saturated heterocycles. The third-order valence-corrected chi connectivity index (χ3v) is 3.25. The molecule has 0 aliphatic rings. The van der Waals surface area contributed by atoms with Crippen molar-refractivity contribution in [3.8, 4) is 5.75 Å². The summed E-state index contributed by atoms with van der Waals surface area (Å²) in [5, 5.41) is 0.577. The van der Waals surface area contributed by atoms with E-state index in [4.69, 9.17) is 4.74 Å². The number of hydrogen-bond donors (Lipinski definition) is 0. The van der Waals surface area contributed by atoms with Gasteiger partial charge in [0.25, 0.3) is 0 Å². The summed E-state index contributed by atoms with van der Waals surface area (Å²) >= 11 is 3.33. The fraction of sp³-hybridized carbons (Fsp3) is 0.200. The number of hydrogen-bond acceptors (Lipinski definition) is 1. The Bertz CT molecular complexity index is 540. The summed E-state index contributed by atoms with van der Waals surface area (Å²) in [5.41, 5.74) is 3.14. The van der Waals surface area contributed by atoms with Crippen LogP contribution in [0.2, 0.25) is 0 Å². The molecule has 18 heavy (non-hydrogen) atoms. The van der Waals surface area contributed by atoms with Crippen molar-refractivity contribution in [3.63, 3.8) is 0 Å². The molecule has 0 heterocycles. The highest BCUT2D eigenvalue weighted by molar-refractivity contribution is 9.08. The average molecular weight is 309 g/mol. The first-order chi connectivity index (χ1) is 8.69. The zero-order valence-corrected chi connectivity index (χ0v) is 11.7. The molecule has 3 heteroatoms. The molecule has 0 aromatic heterocycles. The lowest BCUT2D eigenvalue weighted by Gasteiger charge is -2.10. The van der Waals surface area contributed by atoms with Gasteiger partial charge in [-0.2, -0.15) is 0 Å². The van der Waals surface area contributed by atoms with Crippen LogP contribution in [0.5, 0.6) is 5.75 Å². The van der Waals surface area contributed by atoms with Crippen molar-refractivity contribution in [3.05, 3.63) is 65.0 Å². The first-order valence-corrected chi connectivity index (χ1v) is 6.84. The average Bonchev–Trinajstić information content (AvgIpc) is 2.37. The van der Waals surface area contributed by atoms with Gasteiger partial charge in [-0.15, -0.1) is 0 Å². The van der Waals surface area contributed by atoms with Crippen LogP contribution >= 0.6 is 15.9 Å². The molecule has 0 aliphatic carbocycles. The van der Waals surface area contributed by atoms with E-state index in [1.54, 1.807) is 6.07 Å². The SMILES string of the molecule is Cc1cccc(COc2ccc(F)cc2CBr)c1.